The second-order valence-corrected chi connectivity index (χ2v) is 4.42. The second kappa shape index (κ2) is 6.16. The molecule has 1 aromatic rings. The lowest BCUT2D eigenvalue weighted by Crippen LogP contribution is -2.41. The maximum atomic E-state index is 11.6. The summed E-state index contributed by atoms with van der Waals surface area (Å²) in [6, 6.07) is 8.83. The van der Waals surface area contributed by atoms with Crippen molar-refractivity contribution in [1.82, 2.24) is 15.3 Å². The number of rotatable bonds is 5. The summed E-state index contributed by atoms with van der Waals surface area (Å²) >= 11 is 0. The third kappa shape index (κ3) is 3.33. The van der Waals surface area contributed by atoms with E-state index in [1.807, 2.05) is 30.3 Å². The van der Waals surface area contributed by atoms with Crippen LogP contribution in [-0.2, 0) is 21.0 Å². The average molecular weight is 277 g/mol. The van der Waals surface area contributed by atoms with E-state index in [0.29, 0.717) is 0 Å². The lowest BCUT2D eigenvalue weighted by atomic mass is 10.2. The molecule has 0 saturated carbocycles. The molecule has 1 N–H and O–H groups in total. The molecule has 1 aliphatic heterocycles. The van der Waals surface area contributed by atoms with Gasteiger partial charge in [-0.2, -0.15) is 0 Å². The van der Waals surface area contributed by atoms with Gasteiger partial charge in [0.1, 0.15) is 13.1 Å². The van der Waals surface area contributed by atoms with Crippen LogP contribution in [0, 0.1) is 0 Å². The van der Waals surface area contributed by atoms with Gasteiger partial charge in [-0.3, -0.25) is 19.3 Å². The van der Waals surface area contributed by atoms with Crippen molar-refractivity contribution >= 4 is 17.8 Å². The number of benzene rings is 1. The van der Waals surface area contributed by atoms with E-state index in [1.165, 1.54) is 11.9 Å². The summed E-state index contributed by atoms with van der Waals surface area (Å²) in [5, 5.41) is 0. The van der Waals surface area contributed by atoms with Gasteiger partial charge in [-0.25, -0.2) is 10.3 Å². The monoisotopic (exact) mass is 277 g/mol. The van der Waals surface area contributed by atoms with Gasteiger partial charge in [0.2, 0.25) is 0 Å². The van der Waals surface area contributed by atoms with Gasteiger partial charge in [0, 0.05) is 7.05 Å². The van der Waals surface area contributed by atoms with Crippen LogP contribution in [0.5, 0.6) is 0 Å². The van der Waals surface area contributed by atoms with E-state index < -0.39 is 17.8 Å². The predicted molar refractivity (Wildman–Crippen MR) is 69.1 cm³/mol. The topological polar surface area (TPSA) is 79.0 Å². The fourth-order valence-electron chi connectivity index (χ4n) is 1.77. The standard InChI is InChI=1S/C13H15N3O4/c1-15-8-12(18)16(13(15)19)7-11(17)14-20-9-10-5-3-2-4-6-10/h2-6H,7-9H2,1H3,(H,14,17). The molecule has 4 amide bonds. The summed E-state index contributed by atoms with van der Waals surface area (Å²) in [6.07, 6.45) is 0. The number of imide groups is 1. The summed E-state index contributed by atoms with van der Waals surface area (Å²) in [5.41, 5.74) is 3.11. The number of hydroxylamine groups is 1. The molecule has 0 aromatic heterocycles. The summed E-state index contributed by atoms with van der Waals surface area (Å²) in [6.45, 7) is -0.123. The first kappa shape index (κ1) is 14.0. The minimum absolute atomic E-state index is 0.00299. The molecule has 1 aliphatic rings. The SMILES string of the molecule is CN1CC(=O)N(CC(=O)NOCc2ccccc2)C1=O. The van der Waals surface area contributed by atoms with Crippen molar-refractivity contribution < 1.29 is 19.2 Å². The second-order valence-electron chi connectivity index (χ2n) is 4.42. The van der Waals surface area contributed by atoms with Crippen molar-refractivity contribution in [1.29, 1.82) is 0 Å². The van der Waals surface area contributed by atoms with E-state index in [1.54, 1.807) is 0 Å². The van der Waals surface area contributed by atoms with Crippen molar-refractivity contribution in [2.75, 3.05) is 20.1 Å². The third-order valence-corrected chi connectivity index (χ3v) is 2.80. The maximum Gasteiger partial charge on any atom is 0.327 e. The zero-order valence-electron chi connectivity index (χ0n) is 11.0. The van der Waals surface area contributed by atoms with Crippen LogP contribution in [-0.4, -0.2) is 47.8 Å². The summed E-state index contributed by atoms with van der Waals surface area (Å²) in [4.78, 5) is 41.8. The molecule has 7 heteroatoms. The highest BCUT2D eigenvalue weighted by atomic mass is 16.6. The Balaban J connectivity index is 1.76. The molecule has 106 valence electrons. The highest BCUT2D eigenvalue weighted by Crippen LogP contribution is 2.07. The molecule has 0 aliphatic carbocycles. The number of nitrogens with one attached hydrogen (secondary N) is 1. The van der Waals surface area contributed by atoms with Crippen LogP contribution in [0.1, 0.15) is 5.56 Å². The highest BCUT2D eigenvalue weighted by molar-refractivity contribution is 6.04. The van der Waals surface area contributed by atoms with Gasteiger partial charge in [0.05, 0.1) is 6.61 Å². The largest absolute Gasteiger partial charge is 0.327 e. The van der Waals surface area contributed by atoms with Crippen LogP contribution in [0.2, 0.25) is 0 Å². The number of hydrogen-bond donors (Lipinski definition) is 1. The maximum absolute atomic E-state index is 11.6. The van der Waals surface area contributed by atoms with Crippen LogP contribution in [0.15, 0.2) is 30.3 Å². The van der Waals surface area contributed by atoms with E-state index in [0.717, 1.165) is 10.5 Å². The van der Waals surface area contributed by atoms with Gasteiger partial charge in [0.25, 0.3) is 11.8 Å². The summed E-state index contributed by atoms with van der Waals surface area (Å²) in [7, 11) is 1.50. The molecule has 7 nitrogen and oxygen atoms in total. The number of likely N-dealkylation sites (N-methyl/N-ethyl adjacent to an activating group) is 1. The Morgan fingerprint density at radius 1 is 1.30 bits per heavy atom. The lowest BCUT2D eigenvalue weighted by molar-refractivity contribution is -0.138. The number of carbonyl (C=O) groups is 3. The highest BCUT2D eigenvalue weighted by Gasteiger charge is 2.34. The molecule has 20 heavy (non-hydrogen) atoms. The van der Waals surface area contributed by atoms with Crippen LogP contribution in [0.25, 0.3) is 0 Å². The van der Waals surface area contributed by atoms with Crippen molar-refractivity contribution in [2.45, 2.75) is 6.61 Å². The summed E-state index contributed by atoms with van der Waals surface area (Å²) in [5.74, 6) is -0.936. The molecule has 0 atom stereocenters. The van der Waals surface area contributed by atoms with E-state index in [4.69, 9.17) is 4.84 Å². The predicted octanol–water partition coefficient (Wildman–Crippen LogP) is 0.128. The van der Waals surface area contributed by atoms with Gasteiger partial charge in [0.15, 0.2) is 0 Å². The smallest absolute Gasteiger partial charge is 0.318 e. The number of carbonyl (C=O) groups excluding carboxylic acids is 3. The van der Waals surface area contributed by atoms with Crippen molar-refractivity contribution in [2.24, 2.45) is 0 Å². The van der Waals surface area contributed by atoms with E-state index in [9.17, 15) is 14.4 Å². The molecule has 1 aromatic carbocycles. The Morgan fingerprint density at radius 3 is 2.60 bits per heavy atom. The van der Waals surface area contributed by atoms with E-state index in [-0.39, 0.29) is 19.7 Å². The summed E-state index contributed by atoms with van der Waals surface area (Å²) < 4.78 is 0. The first-order valence-electron chi connectivity index (χ1n) is 6.08. The molecular weight excluding hydrogens is 262 g/mol. The number of urea groups is 1. The van der Waals surface area contributed by atoms with Gasteiger partial charge in [-0.15, -0.1) is 0 Å². The van der Waals surface area contributed by atoms with Crippen LogP contribution in [0.3, 0.4) is 0 Å². The molecule has 1 fully saturated rings. The first-order valence-corrected chi connectivity index (χ1v) is 6.08. The number of nitrogens with zero attached hydrogens (tertiary/aromatic N) is 2. The molecule has 0 unspecified atom stereocenters. The lowest BCUT2D eigenvalue weighted by Gasteiger charge is -2.13. The fraction of sp³-hybridized carbons (Fsp3) is 0.308. The fourth-order valence-corrected chi connectivity index (χ4v) is 1.77. The van der Waals surface area contributed by atoms with Crippen molar-refractivity contribution in [3.8, 4) is 0 Å². The average Bonchev–Trinajstić information content (AvgIpc) is 2.67. The van der Waals surface area contributed by atoms with Crippen molar-refractivity contribution in [3.63, 3.8) is 0 Å². The molecule has 1 heterocycles. The third-order valence-electron chi connectivity index (χ3n) is 2.80. The van der Waals surface area contributed by atoms with E-state index in [2.05, 4.69) is 5.48 Å². The molecule has 0 radical (unpaired) electrons. The molecule has 2 rings (SSSR count). The van der Waals surface area contributed by atoms with Gasteiger partial charge in [-0.05, 0) is 5.56 Å². The Bertz CT molecular complexity index is 518. The zero-order valence-corrected chi connectivity index (χ0v) is 11.0. The Hall–Kier alpha value is -2.41. The van der Waals surface area contributed by atoms with Crippen LogP contribution >= 0.6 is 0 Å². The molecule has 0 bridgehead atoms. The molecular formula is C13H15N3O4. The zero-order chi connectivity index (χ0) is 14.5. The van der Waals surface area contributed by atoms with Gasteiger partial charge >= 0.3 is 6.03 Å². The van der Waals surface area contributed by atoms with Crippen LogP contribution < -0.4 is 5.48 Å². The first-order chi connectivity index (χ1) is 9.58. The minimum Gasteiger partial charge on any atom is -0.318 e. The molecule has 0 spiro atoms. The Morgan fingerprint density at radius 2 is 2.00 bits per heavy atom. The number of hydrogen-bond acceptors (Lipinski definition) is 4. The quantitative estimate of drug-likeness (QED) is 0.613. The normalized spacial score (nSPS) is 14.8. The molecule has 1 saturated heterocycles. The van der Waals surface area contributed by atoms with Crippen molar-refractivity contribution in [3.05, 3.63) is 35.9 Å². The van der Waals surface area contributed by atoms with Crippen LogP contribution in [0.4, 0.5) is 4.79 Å². The minimum atomic E-state index is -0.544. The van der Waals surface area contributed by atoms with Gasteiger partial charge in [-0.1, -0.05) is 30.3 Å². The van der Waals surface area contributed by atoms with E-state index >= 15 is 0 Å². The Kier molecular flexibility index (Phi) is 4.31. The van der Waals surface area contributed by atoms with Gasteiger partial charge < -0.3 is 4.90 Å². The Labute approximate surface area is 116 Å². The number of amides is 4.